The van der Waals surface area contributed by atoms with E-state index in [2.05, 4.69) is 9.73 Å². The van der Waals surface area contributed by atoms with Gasteiger partial charge < -0.3 is 24.8 Å². The van der Waals surface area contributed by atoms with Crippen LogP contribution in [-0.2, 0) is 11.3 Å². The quantitative estimate of drug-likeness (QED) is 0.658. The average molecular weight is 315 g/mol. The standard InChI is InChI=1S/C14H19F2N3O3/c1-20-11-3-2-10(12(8-11)22-13(15)16)9-18-14(17)19-4-6-21-7-5-19/h2-3,8,13H,4-7,9H2,1H3,(H2,17,18). The first-order chi connectivity index (χ1) is 10.6. The number of benzene rings is 1. The summed E-state index contributed by atoms with van der Waals surface area (Å²) >= 11 is 0. The highest BCUT2D eigenvalue weighted by Crippen LogP contribution is 2.27. The van der Waals surface area contributed by atoms with Crippen LogP contribution in [0.5, 0.6) is 11.5 Å². The first kappa shape index (κ1) is 16.3. The molecule has 2 N–H and O–H groups in total. The molecule has 0 unspecified atom stereocenters. The summed E-state index contributed by atoms with van der Waals surface area (Å²) in [4.78, 5) is 6.13. The summed E-state index contributed by atoms with van der Waals surface area (Å²) in [6, 6.07) is 4.70. The van der Waals surface area contributed by atoms with E-state index in [-0.39, 0.29) is 12.3 Å². The third-order valence-electron chi connectivity index (χ3n) is 3.24. The van der Waals surface area contributed by atoms with Gasteiger partial charge in [-0.3, -0.25) is 0 Å². The van der Waals surface area contributed by atoms with Gasteiger partial charge >= 0.3 is 6.61 Å². The number of nitrogens with two attached hydrogens (primary N) is 1. The normalized spacial score (nSPS) is 16.0. The molecule has 0 radical (unpaired) electrons. The van der Waals surface area contributed by atoms with Crippen LogP contribution in [0.25, 0.3) is 0 Å². The number of rotatable bonds is 5. The second-order valence-corrected chi connectivity index (χ2v) is 4.63. The summed E-state index contributed by atoms with van der Waals surface area (Å²) in [5, 5.41) is 0. The molecule has 0 aliphatic carbocycles. The van der Waals surface area contributed by atoms with Gasteiger partial charge in [-0.05, 0) is 12.1 Å². The highest BCUT2D eigenvalue weighted by molar-refractivity contribution is 5.78. The van der Waals surface area contributed by atoms with Gasteiger partial charge in [0.15, 0.2) is 5.96 Å². The molecule has 0 amide bonds. The maximum absolute atomic E-state index is 12.5. The van der Waals surface area contributed by atoms with E-state index in [1.165, 1.54) is 13.2 Å². The molecule has 8 heteroatoms. The van der Waals surface area contributed by atoms with E-state index < -0.39 is 6.61 Å². The minimum absolute atomic E-state index is 0.0351. The minimum atomic E-state index is -2.91. The lowest BCUT2D eigenvalue weighted by molar-refractivity contribution is -0.0505. The van der Waals surface area contributed by atoms with Gasteiger partial charge in [0.1, 0.15) is 11.5 Å². The van der Waals surface area contributed by atoms with Crippen molar-refractivity contribution in [3.05, 3.63) is 23.8 Å². The van der Waals surface area contributed by atoms with Crippen LogP contribution in [0.15, 0.2) is 23.2 Å². The second-order valence-electron chi connectivity index (χ2n) is 4.63. The lowest BCUT2D eigenvalue weighted by atomic mass is 10.2. The predicted molar refractivity (Wildman–Crippen MR) is 77.3 cm³/mol. The maximum Gasteiger partial charge on any atom is 0.387 e. The van der Waals surface area contributed by atoms with Crippen molar-refractivity contribution in [1.82, 2.24) is 4.90 Å². The molecule has 0 saturated carbocycles. The van der Waals surface area contributed by atoms with E-state index in [9.17, 15) is 8.78 Å². The SMILES string of the molecule is COc1ccc(CN=C(N)N2CCOCC2)c(OC(F)F)c1. The first-order valence-electron chi connectivity index (χ1n) is 6.84. The van der Waals surface area contributed by atoms with Gasteiger partial charge in [-0.15, -0.1) is 0 Å². The number of alkyl halides is 2. The number of nitrogens with zero attached hydrogens (tertiary/aromatic N) is 2. The van der Waals surface area contributed by atoms with Crippen LogP contribution in [0, 0.1) is 0 Å². The Hall–Kier alpha value is -2.09. The third-order valence-corrected chi connectivity index (χ3v) is 3.24. The molecule has 1 aliphatic rings. The van der Waals surface area contributed by atoms with Gasteiger partial charge in [0, 0.05) is 24.7 Å². The van der Waals surface area contributed by atoms with Gasteiger partial charge in [0.25, 0.3) is 0 Å². The Bertz CT molecular complexity index is 520. The summed E-state index contributed by atoms with van der Waals surface area (Å²) in [7, 11) is 1.45. The fourth-order valence-corrected chi connectivity index (χ4v) is 2.06. The van der Waals surface area contributed by atoms with E-state index in [1.54, 1.807) is 12.1 Å². The van der Waals surface area contributed by atoms with Crippen LogP contribution >= 0.6 is 0 Å². The molecule has 0 aromatic heterocycles. The smallest absolute Gasteiger partial charge is 0.387 e. The number of aliphatic imine (C=N–C) groups is 1. The van der Waals surface area contributed by atoms with Crippen molar-refractivity contribution in [1.29, 1.82) is 0 Å². The topological polar surface area (TPSA) is 69.3 Å². The van der Waals surface area contributed by atoms with Crippen LogP contribution in [0.3, 0.4) is 0 Å². The lowest BCUT2D eigenvalue weighted by Gasteiger charge is -2.27. The number of hydrogen-bond acceptors (Lipinski definition) is 4. The number of morpholine rings is 1. The molecule has 122 valence electrons. The molecule has 1 heterocycles. The fourth-order valence-electron chi connectivity index (χ4n) is 2.06. The van der Waals surface area contributed by atoms with Crippen molar-refractivity contribution in [2.24, 2.45) is 10.7 Å². The number of halogens is 2. The van der Waals surface area contributed by atoms with Crippen molar-refractivity contribution in [2.45, 2.75) is 13.2 Å². The van der Waals surface area contributed by atoms with Crippen LogP contribution in [0.4, 0.5) is 8.78 Å². The summed E-state index contributed by atoms with van der Waals surface area (Å²) < 4.78 is 39.7. The van der Waals surface area contributed by atoms with Crippen molar-refractivity contribution in [2.75, 3.05) is 33.4 Å². The van der Waals surface area contributed by atoms with E-state index in [0.717, 1.165) is 0 Å². The maximum atomic E-state index is 12.5. The second kappa shape index (κ2) is 7.79. The van der Waals surface area contributed by atoms with Crippen molar-refractivity contribution < 1.29 is 23.0 Å². The Morgan fingerprint density at radius 3 is 2.77 bits per heavy atom. The van der Waals surface area contributed by atoms with E-state index in [1.807, 2.05) is 4.90 Å². The Morgan fingerprint density at radius 2 is 2.14 bits per heavy atom. The number of guanidine groups is 1. The van der Waals surface area contributed by atoms with Crippen LogP contribution < -0.4 is 15.2 Å². The molecule has 2 rings (SSSR count). The number of ether oxygens (including phenoxy) is 3. The molecule has 1 aromatic carbocycles. The number of hydrogen-bond donors (Lipinski definition) is 1. The zero-order valence-corrected chi connectivity index (χ0v) is 12.3. The van der Waals surface area contributed by atoms with Gasteiger partial charge in [0.2, 0.25) is 0 Å². The molecule has 0 bridgehead atoms. The minimum Gasteiger partial charge on any atom is -0.497 e. The molecular weight excluding hydrogens is 296 g/mol. The Balaban J connectivity index is 2.10. The van der Waals surface area contributed by atoms with Crippen LogP contribution in [-0.4, -0.2) is 50.9 Å². The van der Waals surface area contributed by atoms with Crippen molar-refractivity contribution >= 4 is 5.96 Å². The largest absolute Gasteiger partial charge is 0.497 e. The molecule has 1 aromatic rings. The molecule has 6 nitrogen and oxygen atoms in total. The van der Waals surface area contributed by atoms with Crippen molar-refractivity contribution in [3.8, 4) is 11.5 Å². The molecule has 1 fully saturated rings. The van der Waals surface area contributed by atoms with Crippen molar-refractivity contribution in [3.63, 3.8) is 0 Å². The van der Waals surface area contributed by atoms with E-state index >= 15 is 0 Å². The van der Waals surface area contributed by atoms with Gasteiger partial charge in [-0.2, -0.15) is 8.78 Å². The summed E-state index contributed by atoms with van der Waals surface area (Å²) in [5.41, 5.74) is 6.42. The summed E-state index contributed by atoms with van der Waals surface area (Å²) in [6.07, 6.45) is 0. The van der Waals surface area contributed by atoms with Gasteiger partial charge in [-0.25, -0.2) is 4.99 Å². The predicted octanol–water partition coefficient (Wildman–Crippen LogP) is 1.44. The van der Waals surface area contributed by atoms with Gasteiger partial charge in [-0.1, -0.05) is 0 Å². The van der Waals surface area contributed by atoms with Crippen LogP contribution in [0.2, 0.25) is 0 Å². The van der Waals surface area contributed by atoms with E-state index in [4.69, 9.17) is 15.2 Å². The lowest BCUT2D eigenvalue weighted by Crippen LogP contribution is -2.44. The zero-order chi connectivity index (χ0) is 15.9. The molecule has 1 aliphatic heterocycles. The Kier molecular flexibility index (Phi) is 5.76. The molecule has 0 atom stereocenters. The Labute approximate surface area is 127 Å². The zero-order valence-electron chi connectivity index (χ0n) is 12.3. The van der Waals surface area contributed by atoms with Gasteiger partial charge in [0.05, 0.1) is 26.9 Å². The molecule has 0 spiro atoms. The summed E-state index contributed by atoms with van der Waals surface area (Å²) in [6.45, 7) is -0.241. The fraction of sp³-hybridized carbons (Fsp3) is 0.500. The Morgan fingerprint density at radius 1 is 1.41 bits per heavy atom. The highest BCUT2D eigenvalue weighted by atomic mass is 19.3. The number of methoxy groups -OCH3 is 1. The summed E-state index contributed by atoms with van der Waals surface area (Å²) in [5.74, 6) is 0.833. The third kappa shape index (κ3) is 4.45. The van der Waals surface area contributed by atoms with Crippen LogP contribution in [0.1, 0.15) is 5.56 Å². The first-order valence-corrected chi connectivity index (χ1v) is 6.84. The molecular formula is C14H19F2N3O3. The van der Waals surface area contributed by atoms with E-state index in [0.29, 0.717) is 43.6 Å². The molecule has 1 saturated heterocycles. The highest BCUT2D eigenvalue weighted by Gasteiger charge is 2.14. The monoisotopic (exact) mass is 315 g/mol. The molecule has 22 heavy (non-hydrogen) atoms. The average Bonchev–Trinajstić information content (AvgIpc) is 2.53.